The average Bonchev–Trinajstić information content (AvgIpc) is 2.48. The molecule has 23 heavy (non-hydrogen) atoms. The molecule has 0 bridgehead atoms. The van der Waals surface area contributed by atoms with E-state index in [9.17, 15) is 22.8 Å². The Balaban J connectivity index is 2.06. The minimum Gasteiger partial charge on any atom is -0.481 e. The first-order valence-electron chi connectivity index (χ1n) is 7.44. The second-order valence-corrected chi connectivity index (χ2v) is 5.82. The monoisotopic (exact) mass is 329 g/mol. The van der Waals surface area contributed by atoms with E-state index in [-0.39, 0.29) is 19.3 Å². The van der Waals surface area contributed by atoms with Crippen molar-refractivity contribution >= 4 is 17.6 Å². The minimum atomic E-state index is -4.28. The number of aliphatic carboxylic acids is 1. The van der Waals surface area contributed by atoms with Gasteiger partial charge in [-0.25, -0.2) is 0 Å². The maximum atomic E-state index is 12.8. The molecule has 2 atom stereocenters. The predicted octanol–water partition coefficient (Wildman–Crippen LogP) is 3.62. The number of amides is 1. The van der Waals surface area contributed by atoms with Gasteiger partial charge in [0.2, 0.25) is 5.91 Å². The number of carboxylic acids is 1. The highest BCUT2D eigenvalue weighted by Crippen LogP contribution is 2.40. The summed E-state index contributed by atoms with van der Waals surface area (Å²) >= 11 is 0. The number of para-hydroxylation sites is 1. The highest BCUT2D eigenvalue weighted by Gasteiger charge is 2.43. The summed E-state index contributed by atoms with van der Waals surface area (Å²) < 4.78 is 38.4. The molecule has 7 heteroatoms. The van der Waals surface area contributed by atoms with Crippen molar-refractivity contribution in [1.82, 2.24) is 0 Å². The molecule has 0 saturated heterocycles. The number of carbonyl (C=O) groups excluding carboxylic acids is 1. The highest BCUT2D eigenvalue weighted by atomic mass is 19.4. The van der Waals surface area contributed by atoms with Gasteiger partial charge in [0.25, 0.3) is 0 Å². The molecule has 0 aromatic heterocycles. The van der Waals surface area contributed by atoms with E-state index in [0.29, 0.717) is 24.1 Å². The Morgan fingerprint density at radius 1 is 1.22 bits per heavy atom. The van der Waals surface area contributed by atoms with Crippen LogP contribution in [0.15, 0.2) is 24.3 Å². The summed E-state index contributed by atoms with van der Waals surface area (Å²) in [5.74, 6) is -3.66. The normalized spacial score (nSPS) is 21.7. The van der Waals surface area contributed by atoms with Gasteiger partial charge in [0.05, 0.1) is 12.3 Å². The van der Waals surface area contributed by atoms with Crippen LogP contribution in [0, 0.1) is 11.8 Å². The average molecular weight is 329 g/mol. The maximum absolute atomic E-state index is 12.8. The Hall–Kier alpha value is -2.05. The molecule has 2 unspecified atom stereocenters. The van der Waals surface area contributed by atoms with Crippen molar-refractivity contribution in [3.63, 3.8) is 0 Å². The van der Waals surface area contributed by atoms with E-state index in [0.717, 1.165) is 0 Å². The summed E-state index contributed by atoms with van der Waals surface area (Å²) in [5, 5.41) is 11.4. The van der Waals surface area contributed by atoms with Gasteiger partial charge in [0.1, 0.15) is 0 Å². The predicted molar refractivity (Wildman–Crippen MR) is 77.9 cm³/mol. The second-order valence-electron chi connectivity index (χ2n) is 5.82. The summed E-state index contributed by atoms with van der Waals surface area (Å²) in [4.78, 5) is 23.1. The van der Waals surface area contributed by atoms with E-state index in [1.54, 1.807) is 24.3 Å². The third kappa shape index (κ3) is 4.71. The van der Waals surface area contributed by atoms with Crippen LogP contribution in [-0.4, -0.2) is 23.2 Å². The minimum absolute atomic E-state index is 0.0584. The second kappa shape index (κ2) is 7.02. The summed E-state index contributed by atoms with van der Waals surface area (Å²) in [6, 6.07) is 6.41. The molecule has 0 radical (unpaired) electrons. The number of hydrogen-bond acceptors (Lipinski definition) is 2. The van der Waals surface area contributed by atoms with Crippen LogP contribution >= 0.6 is 0 Å². The summed E-state index contributed by atoms with van der Waals surface area (Å²) in [5.41, 5.74) is 0.769. The lowest BCUT2D eigenvalue weighted by molar-refractivity contribution is -0.185. The molecule has 0 aliphatic heterocycles. The fraction of sp³-hybridized carbons (Fsp3) is 0.500. The van der Waals surface area contributed by atoms with Crippen LogP contribution in [0.3, 0.4) is 0 Å². The van der Waals surface area contributed by atoms with Crippen molar-refractivity contribution in [2.75, 3.05) is 5.32 Å². The first-order valence-corrected chi connectivity index (χ1v) is 7.44. The number of halogens is 3. The van der Waals surface area contributed by atoms with Crippen molar-refractivity contribution in [3.8, 4) is 0 Å². The van der Waals surface area contributed by atoms with E-state index in [1.165, 1.54) is 0 Å². The number of carbonyl (C=O) groups is 2. The van der Waals surface area contributed by atoms with Crippen molar-refractivity contribution in [2.45, 2.75) is 38.3 Å². The lowest BCUT2D eigenvalue weighted by atomic mass is 9.80. The van der Waals surface area contributed by atoms with E-state index >= 15 is 0 Å². The lowest BCUT2D eigenvalue weighted by Crippen LogP contribution is -2.34. The zero-order valence-corrected chi connectivity index (χ0v) is 12.4. The quantitative estimate of drug-likeness (QED) is 0.886. The zero-order valence-electron chi connectivity index (χ0n) is 12.4. The molecule has 1 aliphatic carbocycles. The number of alkyl halides is 3. The number of rotatable bonds is 4. The first-order chi connectivity index (χ1) is 10.8. The number of hydrogen-bond donors (Lipinski definition) is 2. The molecule has 2 rings (SSSR count). The molecule has 1 aliphatic rings. The third-order valence-electron chi connectivity index (χ3n) is 4.12. The van der Waals surface area contributed by atoms with Crippen molar-refractivity contribution in [3.05, 3.63) is 29.8 Å². The van der Waals surface area contributed by atoms with Crippen LogP contribution in [0.5, 0.6) is 0 Å². The molecule has 0 spiro atoms. The molecular weight excluding hydrogens is 311 g/mol. The topological polar surface area (TPSA) is 66.4 Å². The summed E-state index contributed by atoms with van der Waals surface area (Å²) in [6.45, 7) is 0. The van der Waals surface area contributed by atoms with Gasteiger partial charge < -0.3 is 10.4 Å². The number of anilines is 1. The largest absolute Gasteiger partial charge is 0.481 e. The third-order valence-corrected chi connectivity index (χ3v) is 4.12. The van der Waals surface area contributed by atoms with Crippen molar-refractivity contribution < 1.29 is 27.9 Å². The van der Waals surface area contributed by atoms with Crippen LogP contribution in [0.2, 0.25) is 0 Å². The van der Waals surface area contributed by atoms with Crippen LogP contribution in [0.25, 0.3) is 0 Å². The zero-order chi connectivity index (χ0) is 17.0. The Morgan fingerprint density at radius 2 is 1.91 bits per heavy atom. The van der Waals surface area contributed by atoms with Crippen molar-refractivity contribution in [1.29, 1.82) is 0 Å². The molecule has 0 heterocycles. The summed E-state index contributed by atoms with van der Waals surface area (Å²) in [6.07, 6.45) is -3.91. The fourth-order valence-corrected chi connectivity index (χ4v) is 2.92. The summed E-state index contributed by atoms with van der Waals surface area (Å²) in [7, 11) is 0. The number of carboxylic acid groups (broad SMARTS) is 1. The molecule has 1 aromatic rings. The SMILES string of the molecule is O=C(O)Cc1ccccc1NC(=O)C1CCCC(C(F)(F)F)C1. The fourth-order valence-electron chi connectivity index (χ4n) is 2.92. The van der Waals surface area contributed by atoms with E-state index < -0.39 is 29.9 Å². The maximum Gasteiger partial charge on any atom is 0.391 e. The van der Waals surface area contributed by atoms with Crippen LogP contribution in [0.1, 0.15) is 31.2 Å². The highest BCUT2D eigenvalue weighted by molar-refractivity contribution is 5.94. The van der Waals surface area contributed by atoms with E-state index in [2.05, 4.69) is 5.32 Å². The van der Waals surface area contributed by atoms with E-state index in [1.807, 2.05) is 0 Å². The van der Waals surface area contributed by atoms with Gasteiger partial charge in [0, 0.05) is 11.6 Å². The van der Waals surface area contributed by atoms with Gasteiger partial charge in [-0.2, -0.15) is 13.2 Å². The van der Waals surface area contributed by atoms with Gasteiger partial charge in [-0.1, -0.05) is 24.6 Å². The van der Waals surface area contributed by atoms with Crippen LogP contribution < -0.4 is 5.32 Å². The molecule has 126 valence electrons. The van der Waals surface area contributed by atoms with Crippen LogP contribution in [0.4, 0.5) is 18.9 Å². The standard InChI is InChI=1S/C16H18F3NO3/c17-16(18,19)12-6-3-5-11(8-12)15(23)20-13-7-2-1-4-10(13)9-14(21)22/h1-2,4,7,11-12H,3,5-6,8-9H2,(H,20,23)(H,21,22). The molecule has 1 aromatic carbocycles. The van der Waals surface area contributed by atoms with Gasteiger partial charge in [-0.3, -0.25) is 9.59 Å². The van der Waals surface area contributed by atoms with E-state index in [4.69, 9.17) is 5.11 Å². The lowest BCUT2D eigenvalue weighted by Gasteiger charge is -2.29. The molecule has 4 nitrogen and oxygen atoms in total. The Bertz CT molecular complexity index is 586. The van der Waals surface area contributed by atoms with Gasteiger partial charge >= 0.3 is 12.1 Å². The Kier molecular flexibility index (Phi) is 5.28. The molecule has 2 N–H and O–H groups in total. The van der Waals surface area contributed by atoms with Gasteiger partial charge in [-0.05, 0) is 30.9 Å². The van der Waals surface area contributed by atoms with Gasteiger partial charge in [0.15, 0.2) is 0 Å². The first kappa shape index (κ1) is 17.3. The molecule has 1 amide bonds. The van der Waals surface area contributed by atoms with Crippen molar-refractivity contribution in [2.24, 2.45) is 11.8 Å². The number of benzene rings is 1. The van der Waals surface area contributed by atoms with Crippen LogP contribution in [-0.2, 0) is 16.0 Å². The van der Waals surface area contributed by atoms with Gasteiger partial charge in [-0.15, -0.1) is 0 Å². The molecule has 1 fully saturated rings. The number of nitrogens with one attached hydrogen (secondary N) is 1. The Morgan fingerprint density at radius 3 is 2.57 bits per heavy atom. The molecular formula is C16H18F3NO3. The molecule has 1 saturated carbocycles. The Labute approximate surface area is 131 Å². The smallest absolute Gasteiger partial charge is 0.391 e.